The van der Waals surface area contributed by atoms with Crippen molar-refractivity contribution in [1.82, 2.24) is 4.98 Å². The molecule has 0 aliphatic heterocycles. The smallest absolute Gasteiger partial charge is 0.279 e. The largest absolute Gasteiger partial charge is 0.359 e. The van der Waals surface area contributed by atoms with E-state index in [0.29, 0.717) is 0 Å². The van der Waals surface area contributed by atoms with Crippen LogP contribution in [0.1, 0.15) is 28.0 Å². The number of nitrogens with one attached hydrogen (secondary N) is 1. The number of hydrogen-bond donors (Lipinski definition) is 2. The maximum absolute atomic E-state index is 12.3. The highest BCUT2D eigenvalue weighted by atomic mass is 19.3. The van der Waals surface area contributed by atoms with Crippen LogP contribution in [0.25, 0.3) is 0 Å². The Hall–Kier alpha value is -1.56. The molecule has 0 aliphatic carbocycles. The van der Waals surface area contributed by atoms with Crippen molar-refractivity contribution >= 4 is 6.29 Å². The van der Waals surface area contributed by atoms with Gasteiger partial charge in [-0.1, -0.05) is 0 Å². The van der Waals surface area contributed by atoms with Crippen LogP contribution in [0.15, 0.2) is 11.0 Å². The molecule has 1 aromatic rings. The minimum atomic E-state index is -2.88. The van der Waals surface area contributed by atoms with E-state index in [1.54, 1.807) is 0 Å². The first-order chi connectivity index (χ1) is 6.61. The fourth-order valence-electron chi connectivity index (χ4n) is 1.05. The zero-order chi connectivity index (χ0) is 10.7. The van der Waals surface area contributed by atoms with Crippen molar-refractivity contribution < 1.29 is 13.6 Å². The molecule has 0 saturated carbocycles. The van der Waals surface area contributed by atoms with Gasteiger partial charge in [-0.15, -0.1) is 0 Å². The second-order valence-electron chi connectivity index (χ2n) is 2.59. The Kier molecular flexibility index (Phi) is 3.08. The lowest BCUT2D eigenvalue weighted by molar-refractivity contribution is 0.110. The summed E-state index contributed by atoms with van der Waals surface area (Å²) in [5.41, 5.74) is 3.33. The first-order valence-corrected chi connectivity index (χ1v) is 3.79. The van der Waals surface area contributed by atoms with Crippen LogP contribution in [0.5, 0.6) is 0 Å². The number of aldehydes is 1. The Morgan fingerprint density at radius 1 is 1.57 bits per heavy atom. The standard InChI is InChI=1S/C8H8F2N2O2/c9-8(10)6-5(3-13)7(14)4(1-11)2-12-6/h2-3,8H,1,11H2,(H,12,14). The van der Waals surface area contributed by atoms with E-state index in [2.05, 4.69) is 4.98 Å². The number of aromatic nitrogens is 1. The molecule has 1 aromatic heterocycles. The number of rotatable bonds is 3. The van der Waals surface area contributed by atoms with Crippen molar-refractivity contribution in [3.63, 3.8) is 0 Å². The van der Waals surface area contributed by atoms with Gasteiger partial charge >= 0.3 is 0 Å². The Morgan fingerprint density at radius 3 is 2.64 bits per heavy atom. The van der Waals surface area contributed by atoms with E-state index in [9.17, 15) is 18.4 Å². The lowest BCUT2D eigenvalue weighted by Gasteiger charge is -2.04. The summed E-state index contributed by atoms with van der Waals surface area (Å²) < 4.78 is 24.5. The fourth-order valence-corrected chi connectivity index (χ4v) is 1.05. The molecule has 0 radical (unpaired) electrons. The Bertz CT molecular complexity index is 401. The van der Waals surface area contributed by atoms with Crippen molar-refractivity contribution in [2.75, 3.05) is 0 Å². The van der Waals surface area contributed by atoms with E-state index in [1.807, 2.05) is 0 Å². The first kappa shape index (κ1) is 10.5. The molecule has 1 rings (SSSR count). The van der Waals surface area contributed by atoms with E-state index in [1.165, 1.54) is 0 Å². The molecular formula is C8H8F2N2O2. The van der Waals surface area contributed by atoms with Crippen LogP contribution in [-0.2, 0) is 6.54 Å². The van der Waals surface area contributed by atoms with Crippen LogP contribution >= 0.6 is 0 Å². The maximum atomic E-state index is 12.3. The average Bonchev–Trinajstić information content (AvgIpc) is 2.17. The molecule has 0 unspecified atom stereocenters. The fraction of sp³-hybridized carbons (Fsp3) is 0.250. The highest BCUT2D eigenvalue weighted by molar-refractivity contribution is 5.76. The molecule has 1 heterocycles. The van der Waals surface area contributed by atoms with Gasteiger partial charge in [-0.05, 0) is 0 Å². The molecule has 76 valence electrons. The van der Waals surface area contributed by atoms with Gasteiger partial charge in [-0.25, -0.2) is 8.78 Å². The number of carbonyl (C=O) groups excluding carboxylic acids is 1. The van der Waals surface area contributed by atoms with Gasteiger partial charge in [-0.3, -0.25) is 9.59 Å². The molecule has 4 nitrogen and oxygen atoms in total. The van der Waals surface area contributed by atoms with Gasteiger partial charge in [0, 0.05) is 18.3 Å². The van der Waals surface area contributed by atoms with Gasteiger partial charge in [-0.2, -0.15) is 0 Å². The minimum Gasteiger partial charge on any atom is -0.359 e. The average molecular weight is 202 g/mol. The quantitative estimate of drug-likeness (QED) is 0.704. The SMILES string of the molecule is NCc1c[nH]c(C(F)F)c(C=O)c1=O. The summed E-state index contributed by atoms with van der Waals surface area (Å²) in [6, 6.07) is 0. The van der Waals surface area contributed by atoms with E-state index in [-0.39, 0.29) is 18.4 Å². The van der Waals surface area contributed by atoms with Gasteiger partial charge in [0.2, 0.25) is 0 Å². The monoisotopic (exact) mass is 202 g/mol. The van der Waals surface area contributed by atoms with Gasteiger partial charge in [0.05, 0.1) is 11.3 Å². The van der Waals surface area contributed by atoms with Crippen molar-refractivity contribution in [1.29, 1.82) is 0 Å². The predicted molar refractivity (Wildman–Crippen MR) is 45.3 cm³/mol. The topological polar surface area (TPSA) is 76.0 Å². The van der Waals surface area contributed by atoms with E-state index >= 15 is 0 Å². The molecule has 3 N–H and O–H groups in total. The predicted octanol–water partition coefficient (Wildman–Crippen LogP) is 0.584. The molecule has 0 amide bonds. The number of hydrogen-bond acceptors (Lipinski definition) is 3. The first-order valence-electron chi connectivity index (χ1n) is 3.79. The number of alkyl halides is 2. The summed E-state index contributed by atoms with van der Waals surface area (Å²) in [7, 11) is 0. The van der Waals surface area contributed by atoms with Gasteiger partial charge in [0.15, 0.2) is 11.7 Å². The van der Waals surface area contributed by atoms with E-state index in [0.717, 1.165) is 6.20 Å². The van der Waals surface area contributed by atoms with Crippen LogP contribution in [0.4, 0.5) is 8.78 Å². The Balaban J connectivity index is 3.44. The summed E-state index contributed by atoms with van der Waals surface area (Å²) >= 11 is 0. The van der Waals surface area contributed by atoms with Gasteiger partial charge < -0.3 is 10.7 Å². The summed E-state index contributed by atoms with van der Waals surface area (Å²) in [6.45, 7) is -0.0975. The molecule has 0 fully saturated rings. The van der Waals surface area contributed by atoms with Crippen molar-refractivity contribution in [2.45, 2.75) is 13.0 Å². The zero-order valence-corrected chi connectivity index (χ0v) is 7.09. The molecular weight excluding hydrogens is 194 g/mol. The summed E-state index contributed by atoms with van der Waals surface area (Å²) in [5.74, 6) is 0. The van der Waals surface area contributed by atoms with Gasteiger partial charge in [0.25, 0.3) is 6.43 Å². The lowest BCUT2D eigenvalue weighted by Crippen LogP contribution is -2.20. The number of H-pyrrole nitrogens is 1. The molecule has 0 bridgehead atoms. The molecule has 0 atom stereocenters. The number of pyridine rings is 1. The second-order valence-corrected chi connectivity index (χ2v) is 2.59. The molecule has 14 heavy (non-hydrogen) atoms. The second kappa shape index (κ2) is 4.10. The summed E-state index contributed by atoms with van der Waals surface area (Å²) in [6.07, 6.45) is -1.68. The molecule has 0 spiro atoms. The Morgan fingerprint density at radius 2 is 2.21 bits per heavy atom. The molecule has 0 aromatic carbocycles. The maximum Gasteiger partial charge on any atom is 0.279 e. The molecule has 6 heteroatoms. The Labute approximate surface area is 77.7 Å². The van der Waals surface area contributed by atoms with Gasteiger partial charge in [0.1, 0.15) is 0 Å². The highest BCUT2D eigenvalue weighted by Crippen LogP contribution is 2.17. The van der Waals surface area contributed by atoms with Crippen LogP contribution < -0.4 is 11.2 Å². The van der Waals surface area contributed by atoms with Crippen LogP contribution in [0, 0.1) is 0 Å². The van der Waals surface area contributed by atoms with Crippen molar-refractivity contribution in [3.8, 4) is 0 Å². The summed E-state index contributed by atoms with van der Waals surface area (Å²) in [5, 5.41) is 0. The zero-order valence-electron chi connectivity index (χ0n) is 7.09. The highest BCUT2D eigenvalue weighted by Gasteiger charge is 2.17. The van der Waals surface area contributed by atoms with Crippen LogP contribution in [-0.4, -0.2) is 11.3 Å². The third-order valence-electron chi connectivity index (χ3n) is 1.78. The van der Waals surface area contributed by atoms with Crippen molar-refractivity contribution in [2.24, 2.45) is 5.73 Å². The number of nitrogens with two attached hydrogens (primary N) is 1. The molecule has 0 saturated heterocycles. The number of carbonyl (C=O) groups is 1. The normalized spacial score (nSPS) is 10.6. The summed E-state index contributed by atoms with van der Waals surface area (Å²) in [4.78, 5) is 23.9. The third-order valence-corrected chi connectivity index (χ3v) is 1.78. The van der Waals surface area contributed by atoms with Crippen LogP contribution in [0.3, 0.4) is 0 Å². The third kappa shape index (κ3) is 1.69. The lowest BCUT2D eigenvalue weighted by atomic mass is 10.1. The number of aromatic amines is 1. The number of halogens is 2. The van der Waals surface area contributed by atoms with E-state index in [4.69, 9.17) is 5.73 Å². The van der Waals surface area contributed by atoms with Crippen molar-refractivity contribution in [3.05, 3.63) is 33.2 Å². The van der Waals surface area contributed by atoms with E-state index < -0.39 is 23.1 Å². The minimum absolute atomic E-state index is 0.0975. The van der Waals surface area contributed by atoms with Crippen LogP contribution in [0.2, 0.25) is 0 Å². The molecule has 0 aliphatic rings.